The van der Waals surface area contributed by atoms with Crippen molar-refractivity contribution in [2.75, 3.05) is 17.6 Å². The highest BCUT2D eigenvalue weighted by Crippen LogP contribution is 2.18. The van der Waals surface area contributed by atoms with Gasteiger partial charge in [-0.1, -0.05) is 0 Å². The molecule has 92 valence electrons. The molecule has 0 aliphatic heterocycles. The van der Waals surface area contributed by atoms with Gasteiger partial charge in [0.15, 0.2) is 5.82 Å². The van der Waals surface area contributed by atoms with Gasteiger partial charge in [0.2, 0.25) is 0 Å². The Morgan fingerprint density at radius 1 is 1.44 bits per heavy atom. The third kappa shape index (κ3) is 2.77. The zero-order valence-corrected chi connectivity index (χ0v) is 9.87. The summed E-state index contributed by atoms with van der Waals surface area (Å²) in [4.78, 5) is 4.11. The molecule has 0 atom stereocenters. The number of hydrogen-bond acceptors (Lipinski definition) is 5. The van der Waals surface area contributed by atoms with Crippen molar-refractivity contribution in [2.24, 2.45) is 0 Å². The molecule has 18 heavy (non-hydrogen) atoms. The molecular weight excluding hydrogens is 228 g/mol. The molecule has 0 aromatic carbocycles. The number of nitrogens with one attached hydrogen (secondary N) is 1. The van der Waals surface area contributed by atoms with Crippen LogP contribution in [0.2, 0.25) is 0 Å². The summed E-state index contributed by atoms with van der Waals surface area (Å²) in [7, 11) is 0. The van der Waals surface area contributed by atoms with E-state index in [-0.39, 0.29) is 0 Å². The smallest absolute Gasteiger partial charge is 0.150 e. The van der Waals surface area contributed by atoms with Crippen LogP contribution >= 0.6 is 0 Å². The highest BCUT2D eigenvalue weighted by Gasteiger charge is 2.04. The molecule has 0 fully saturated rings. The molecule has 6 nitrogen and oxygen atoms in total. The number of hydrogen-bond donors (Lipinski definition) is 2. The number of rotatable bonds is 5. The summed E-state index contributed by atoms with van der Waals surface area (Å²) >= 11 is 0. The Morgan fingerprint density at radius 3 is 3.06 bits per heavy atom. The van der Waals surface area contributed by atoms with Crippen LogP contribution in [-0.4, -0.2) is 21.3 Å². The van der Waals surface area contributed by atoms with Crippen molar-refractivity contribution in [1.82, 2.24) is 14.8 Å². The zero-order chi connectivity index (χ0) is 12.8. The van der Waals surface area contributed by atoms with Gasteiger partial charge in [0, 0.05) is 31.7 Å². The third-order valence-electron chi connectivity index (χ3n) is 2.53. The van der Waals surface area contributed by atoms with Gasteiger partial charge in [-0.3, -0.25) is 4.68 Å². The normalized spacial score (nSPS) is 9.94. The molecule has 2 rings (SSSR count). The van der Waals surface area contributed by atoms with Crippen molar-refractivity contribution >= 4 is 11.5 Å². The summed E-state index contributed by atoms with van der Waals surface area (Å²) in [5, 5.41) is 16.1. The Hall–Kier alpha value is -2.55. The summed E-state index contributed by atoms with van der Waals surface area (Å²) in [6, 6.07) is 5.52. The van der Waals surface area contributed by atoms with E-state index in [9.17, 15) is 0 Å². The monoisotopic (exact) mass is 242 g/mol. The Kier molecular flexibility index (Phi) is 3.76. The molecule has 0 saturated heterocycles. The van der Waals surface area contributed by atoms with Crippen molar-refractivity contribution in [1.29, 1.82) is 5.26 Å². The van der Waals surface area contributed by atoms with Crippen LogP contribution in [0.5, 0.6) is 0 Å². The van der Waals surface area contributed by atoms with Crippen LogP contribution < -0.4 is 11.1 Å². The number of nitrogens with zero attached hydrogens (tertiary/aromatic N) is 4. The molecule has 0 saturated carbocycles. The largest absolute Gasteiger partial charge is 0.395 e. The standard InChI is InChI=1S/C12H14N6/c13-9-10-3-6-16-12(11(10)14)15-4-1-7-18-8-2-5-17-18/h2-3,5-6,8H,1,4,7,14H2,(H,15,16). The highest BCUT2D eigenvalue weighted by molar-refractivity contribution is 5.68. The number of nitrogens with two attached hydrogens (primary N) is 1. The van der Waals surface area contributed by atoms with E-state index in [1.165, 1.54) is 0 Å². The average molecular weight is 242 g/mol. The van der Waals surface area contributed by atoms with E-state index in [0.717, 1.165) is 19.5 Å². The Balaban J connectivity index is 1.85. The van der Waals surface area contributed by atoms with E-state index in [1.54, 1.807) is 18.5 Å². The fourth-order valence-corrected chi connectivity index (χ4v) is 1.59. The van der Waals surface area contributed by atoms with Crippen LogP contribution in [0.3, 0.4) is 0 Å². The summed E-state index contributed by atoms with van der Waals surface area (Å²) in [6.07, 6.45) is 6.15. The Morgan fingerprint density at radius 2 is 2.33 bits per heavy atom. The van der Waals surface area contributed by atoms with Crippen molar-refractivity contribution < 1.29 is 0 Å². The second-order valence-corrected chi connectivity index (χ2v) is 3.78. The molecule has 6 heteroatoms. The molecule has 3 N–H and O–H groups in total. The van der Waals surface area contributed by atoms with Crippen molar-refractivity contribution in [3.8, 4) is 6.07 Å². The minimum atomic E-state index is 0.402. The number of nitriles is 1. The molecule has 0 aliphatic carbocycles. The van der Waals surface area contributed by atoms with Gasteiger partial charge < -0.3 is 11.1 Å². The van der Waals surface area contributed by atoms with Gasteiger partial charge in [0.05, 0.1) is 11.3 Å². The maximum absolute atomic E-state index is 8.84. The van der Waals surface area contributed by atoms with Crippen LogP contribution in [0.1, 0.15) is 12.0 Å². The molecule has 2 heterocycles. The van der Waals surface area contributed by atoms with E-state index in [1.807, 2.05) is 23.0 Å². The quantitative estimate of drug-likeness (QED) is 0.769. The number of anilines is 2. The molecule has 0 radical (unpaired) electrons. The zero-order valence-electron chi connectivity index (χ0n) is 9.87. The van der Waals surface area contributed by atoms with Gasteiger partial charge in [0.25, 0.3) is 0 Å². The lowest BCUT2D eigenvalue weighted by Crippen LogP contribution is -2.10. The van der Waals surface area contributed by atoms with Gasteiger partial charge in [-0.25, -0.2) is 4.98 Å². The molecule has 2 aromatic heterocycles. The van der Waals surface area contributed by atoms with E-state index in [4.69, 9.17) is 11.0 Å². The minimum Gasteiger partial charge on any atom is -0.395 e. The minimum absolute atomic E-state index is 0.402. The van der Waals surface area contributed by atoms with E-state index in [0.29, 0.717) is 17.1 Å². The SMILES string of the molecule is N#Cc1ccnc(NCCCn2cccn2)c1N. The molecular formula is C12H14N6. The second-order valence-electron chi connectivity index (χ2n) is 3.78. The van der Waals surface area contributed by atoms with E-state index < -0.39 is 0 Å². The number of pyridine rings is 1. The van der Waals surface area contributed by atoms with Crippen molar-refractivity contribution in [3.63, 3.8) is 0 Å². The fourth-order valence-electron chi connectivity index (χ4n) is 1.59. The molecule has 0 aliphatic rings. The molecule has 0 amide bonds. The summed E-state index contributed by atoms with van der Waals surface area (Å²) in [5.41, 5.74) is 6.65. The fraction of sp³-hybridized carbons (Fsp3) is 0.250. The molecule has 0 spiro atoms. The second kappa shape index (κ2) is 5.68. The Bertz CT molecular complexity index is 540. The highest BCUT2D eigenvalue weighted by atomic mass is 15.3. The number of nitrogen functional groups attached to an aromatic ring is 1. The van der Waals surface area contributed by atoms with E-state index in [2.05, 4.69) is 15.4 Å². The van der Waals surface area contributed by atoms with E-state index >= 15 is 0 Å². The van der Waals surface area contributed by atoms with Gasteiger partial charge >= 0.3 is 0 Å². The maximum atomic E-state index is 8.84. The maximum Gasteiger partial charge on any atom is 0.150 e. The van der Waals surface area contributed by atoms with Gasteiger partial charge in [-0.2, -0.15) is 10.4 Å². The van der Waals surface area contributed by atoms with Crippen LogP contribution in [0, 0.1) is 11.3 Å². The number of aromatic nitrogens is 3. The summed E-state index contributed by atoms with van der Waals surface area (Å²) < 4.78 is 1.87. The average Bonchev–Trinajstić information content (AvgIpc) is 2.89. The van der Waals surface area contributed by atoms with Gasteiger partial charge in [0.1, 0.15) is 6.07 Å². The first-order valence-electron chi connectivity index (χ1n) is 5.67. The lowest BCUT2D eigenvalue weighted by molar-refractivity contribution is 0.591. The summed E-state index contributed by atoms with van der Waals surface area (Å²) in [5.74, 6) is 0.564. The third-order valence-corrected chi connectivity index (χ3v) is 2.53. The first-order chi connectivity index (χ1) is 8.81. The Labute approximate surface area is 105 Å². The first-order valence-corrected chi connectivity index (χ1v) is 5.67. The van der Waals surface area contributed by atoms with Crippen LogP contribution in [0.15, 0.2) is 30.7 Å². The molecule has 2 aromatic rings. The first kappa shape index (κ1) is 11.9. The molecule has 0 bridgehead atoms. The predicted molar refractivity (Wildman–Crippen MR) is 68.7 cm³/mol. The molecule has 0 unspecified atom stereocenters. The lowest BCUT2D eigenvalue weighted by Gasteiger charge is -2.08. The lowest BCUT2D eigenvalue weighted by atomic mass is 10.2. The van der Waals surface area contributed by atoms with Crippen LogP contribution in [-0.2, 0) is 6.54 Å². The van der Waals surface area contributed by atoms with Crippen LogP contribution in [0.25, 0.3) is 0 Å². The van der Waals surface area contributed by atoms with Crippen LogP contribution in [0.4, 0.5) is 11.5 Å². The summed E-state index contributed by atoms with van der Waals surface area (Å²) in [6.45, 7) is 1.56. The van der Waals surface area contributed by atoms with Crippen molar-refractivity contribution in [2.45, 2.75) is 13.0 Å². The number of aryl methyl sites for hydroxylation is 1. The predicted octanol–water partition coefficient (Wildman–Crippen LogP) is 1.23. The topological polar surface area (TPSA) is 92.5 Å². The van der Waals surface area contributed by atoms with Gasteiger partial charge in [-0.05, 0) is 18.6 Å². The van der Waals surface area contributed by atoms with Gasteiger partial charge in [-0.15, -0.1) is 0 Å². The van der Waals surface area contributed by atoms with Crippen molar-refractivity contribution in [3.05, 3.63) is 36.3 Å².